The SMILES string of the molecule is COc1ccc(NC(=O)COC(=O)c2sccc2-c2ccc(C)cc2)cc1. The third-order valence-corrected chi connectivity index (χ3v) is 4.82. The van der Waals surface area contributed by atoms with Gasteiger partial charge >= 0.3 is 5.97 Å². The molecule has 27 heavy (non-hydrogen) atoms. The summed E-state index contributed by atoms with van der Waals surface area (Å²) in [4.78, 5) is 24.9. The van der Waals surface area contributed by atoms with Crippen molar-refractivity contribution in [1.82, 2.24) is 0 Å². The standard InChI is InChI=1S/C21H19NO4S/c1-14-3-5-15(6-4-14)18-11-12-27-20(18)21(24)26-13-19(23)22-16-7-9-17(25-2)10-8-16/h3-12H,13H2,1-2H3,(H,22,23). The fourth-order valence-corrected chi connectivity index (χ4v) is 3.30. The first kappa shape index (κ1) is 18.7. The molecule has 5 nitrogen and oxygen atoms in total. The second-order valence-corrected chi connectivity index (χ2v) is 6.80. The van der Waals surface area contributed by atoms with E-state index in [0.717, 1.165) is 16.7 Å². The van der Waals surface area contributed by atoms with E-state index in [1.54, 1.807) is 31.4 Å². The third kappa shape index (κ3) is 4.74. The van der Waals surface area contributed by atoms with E-state index in [9.17, 15) is 9.59 Å². The van der Waals surface area contributed by atoms with Crippen molar-refractivity contribution < 1.29 is 19.1 Å². The van der Waals surface area contributed by atoms with Crippen LogP contribution in [0.4, 0.5) is 5.69 Å². The van der Waals surface area contributed by atoms with Crippen LogP contribution in [0, 0.1) is 6.92 Å². The minimum Gasteiger partial charge on any atom is -0.497 e. The molecule has 1 amide bonds. The topological polar surface area (TPSA) is 64.6 Å². The first-order chi connectivity index (χ1) is 13.1. The van der Waals surface area contributed by atoms with Gasteiger partial charge in [0.15, 0.2) is 6.61 Å². The van der Waals surface area contributed by atoms with Crippen LogP contribution in [0.2, 0.25) is 0 Å². The zero-order chi connectivity index (χ0) is 19.2. The van der Waals surface area contributed by atoms with E-state index in [1.807, 2.05) is 42.6 Å². The number of methoxy groups -OCH3 is 1. The van der Waals surface area contributed by atoms with E-state index < -0.39 is 11.9 Å². The van der Waals surface area contributed by atoms with Crippen molar-refractivity contribution in [2.24, 2.45) is 0 Å². The van der Waals surface area contributed by atoms with Gasteiger partial charge in [0.05, 0.1) is 7.11 Å². The average Bonchev–Trinajstić information content (AvgIpc) is 3.17. The fourth-order valence-electron chi connectivity index (χ4n) is 2.50. The number of hydrogen-bond acceptors (Lipinski definition) is 5. The predicted molar refractivity (Wildman–Crippen MR) is 106 cm³/mol. The smallest absolute Gasteiger partial charge is 0.349 e. The lowest BCUT2D eigenvalue weighted by Gasteiger charge is -2.08. The van der Waals surface area contributed by atoms with Gasteiger partial charge in [-0.1, -0.05) is 29.8 Å². The molecule has 0 unspecified atom stereocenters. The monoisotopic (exact) mass is 381 g/mol. The first-order valence-corrected chi connectivity index (χ1v) is 9.20. The number of ether oxygens (including phenoxy) is 2. The number of amides is 1. The highest BCUT2D eigenvalue weighted by Gasteiger charge is 2.17. The molecule has 3 rings (SSSR count). The summed E-state index contributed by atoms with van der Waals surface area (Å²) in [6.45, 7) is 1.66. The normalized spacial score (nSPS) is 10.3. The summed E-state index contributed by atoms with van der Waals surface area (Å²) in [5.41, 5.74) is 3.50. The van der Waals surface area contributed by atoms with E-state index in [1.165, 1.54) is 11.3 Å². The van der Waals surface area contributed by atoms with Gasteiger partial charge in [0, 0.05) is 11.3 Å². The van der Waals surface area contributed by atoms with E-state index in [4.69, 9.17) is 9.47 Å². The molecule has 1 heterocycles. The molecule has 1 aromatic heterocycles. The summed E-state index contributed by atoms with van der Waals surface area (Å²) in [6.07, 6.45) is 0. The molecule has 0 aliphatic carbocycles. The van der Waals surface area contributed by atoms with E-state index in [2.05, 4.69) is 5.32 Å². The second-order valence-electron chi connectivity index (χ2n) is 5.88. The molecule has 3 aromatic rings. The molecule has 0 atom stereocenters. The van der Waals surface area contributed by atoms with Crippen LogP contribution in [0.15, 0.2) is 60.0 Å². The number of carbonyl (C=O) groups excluding carboxylic acids is 2. The van der Waals surface area contributed by atoms with Crippen LogP contribution in [-0.4, -0.2) is 25.6 Å². The van der Waals surface area contributed by atoms with Crippen molar-refractivity contribution in [3.8, 4) is 16.9 Å². The summed E-state index contributed by atoms with van der Waals surface area (Å²) in [5.74, 6) is -0.215. The molecular weight excluding hydrogens is 362 g/mol. The Kier molecular flexibility index (Phi) is 5.88. The number of nitrogens with one attached hydrogen (secondary N) is 1. The predicted octanol–water partition coefficient (Wildman–Crippen LogP) is 4.53. The number of aryl methyl sites for hydroxylation is 1. The second kappa shape index (κ2) is 8.51. The molecule has 6 heteroatoms. The molecule has 1 N–H and O–H groups in total. The summed E-state index contributed by atoms with van der Waals surface area (Å²) in [5, 5.41) is 4.51. The molecular formula is C21H19NO4S. The zero-order valence-electron chi connectivity index (χ0n) is 15.0. The Morgan fingerprint density at radius 3 is 2.37 bits per heavy atom. The summed E-state index contributed by atoms with van der Waals surface area (Å²) < 4.78 is 10.3. The number of esters is 1. The summed E-state index contributed by atoms with van der Waals surface area (Å²) >= 11 is 1.30. The highest BCUT2D eigenvalue weighted by atomic mass is 32.1. The van der Waals surface area contributed by atoms with Crippen molar-refractivity contribution in [1.29, 1.82) is 0 Å². The fraction of sp³-hybridized carbons (Fsp3) is 0.143. The van der Waals surface area contributed by atoms with Crippen LogP contribution >= 0.6 is 11.3 Å². The lowest BCUT2D eigenvalue weighted by atomic mass is 10.1. The minimum atomic E-state index is -0.509. The molecule has 0 fully saturated rings. The van der Waals surface area contributed by atoms with Gasteiger partial charge < -0.3 is 14.8 Å². The Labute approximate surface area is 161 Å². The quantitative estimate of drug-likeness (QED) is 0.637. The largest absolute Gasteiger partial charge is 0.497 e. The van der Waals surface area contributed by atoms with Crippen LogP contribution in [0.5, 0.6) is 5.75 Å². The highest BCUT2D eigenvalue weighted by Crippen LogP contribution is 2.29. The number of rotatable bonds is 6. The van der Waals surface area contributed by atoms with Crippen LogP contribution in [0.25, 0.3) is 11.1 Å². The van der Waals surface area contributed by atoms with Crippen molar-refractivity contribution in [3.05, 3.63) is 70.4 Å². The maximum Gasteiger partial charge on any atom is 0.349 e. The minimum absolute atomic E-state index is 0.351. The van der Waals surface area contributed by atoms with Gasteiger partial charge in [0.2, 0.25) is 0 Å². The molecule has 0 aliphatic heterocycles. The maximum absolute atomic E-state index is 12.4. The highest BCUT2D eigenvalue weighted by molar-refractivity contribution is 7.12. The van der Waals surface area contributed by atoms with E-state index in [0.29, 0.717) is 16.3 Å². The van der Waals surface area contributed by atoms with Crippen LogP contribution in [0.1, 0.15) is 15.2 Å². The van der Waals surface area contributed by atoms with Crippen molar-refractivity contribution in [2.75, 3.05) is 19.0 Å². The summed E-state index contributed by atoms with van der Waals surface area (Å²) in [7, 11) is 1.57. The molecule has 0 spiro atoms. The third-order valence-electron chi connectivity index (χ3n) is 3.92. The zero-order valence-corrected chi connectivity index (χ0v) is 15.8. The number of hydrogen-bond donors (Lipinski definition) is 1. The average molecular weight is 381 g/mol. The summed E-state index contributed by atoms with van der Waals surface area (Å²) in [6, 6.07) is 16.7. The number of anilines is 1. The molecule has 0 radical (unpaired) electrons. The lowest BCUT2D eigenvalue weighted by molar-refractivity contribution is -0.119. The Morgan fingerprint density at radius 1 is 1.00 bits per heavy atom. The molecule has 0 saturated carbocycles. The Bertz CT molecular complexity index is 930. The van der Waals surface area contributed by atoms with Crippen molar-refractivity contribution in [2.45, 2.75) is 6.92 Å². The van der Waals surface area contributed by atoms with E-state index >= 15 is 0 Å². The maximum atomic E-state index is 12.4. The van der Waals surface area contributed by atoms with Gasteiger partial charge in [-0.3, -0.25) is 4.79 Å². The Hall–Kier alpha value is -3.12. The van der Waals surface area contributed by atoms with Crippen LogP contribution in [-0.2, 0) is 9.53 Å². The Balaban J connectivity index is 1.60. The number of carbonyl (C=O) groups is 2. The molecule has 0 saturated heterocycles. The van der Waals surface area contributed by atoms with Gasteiger partial charge in [-0.05, 0) is 48.2 Å². The first-order valence-electron chi connectivity index (χ1n) is 8.32. The van der Waals surface area contributed by atoms with Gasteiger partial charge in [0.25, 0.3) is 5.91 Å². The molecule has 138 valence electrons. The number of benzene rings is 2. The van der Waals surface area contributed by atoms with Gasteiger partial charge in [-0.2, -0.15) is 0 Å². The van der Waals surface area contributed by atoms with Crippen LogP contribution < -0.4 is 10.1 Å². The molecule has 0 bridgehead atoms. The van der Waals surface area contributed by atoms with Gasteiger partial charge in [-0.25, -0.2) is 4.79 Å². The van der Waals surface area contributed by atoms with Gasteiger partial charge in [0.1, 0.15) is 10.6 Å². The van der Waals surface area contributed by atoms with Crippen molar-refractivity contribution >= 4 is 28.9 Å². The Morgan fingerprint density at radius 2 is 1.70 bits per heavy atom. The molecule has 0 aliphatic rings. The lowest BCUT2D eigenvalue weighted by Crippen LogP contribution is -2.20. The number of thiophene rings is 1. The van der Waals surface area contributed by atoms with Crippen molar-refractivity contribution in [3.63, 3.8) is 0 Å². The van der Waals surface area contributed by atoms with Gasteiger partial charge in [-0.15, -0.1) is 11.3 Å². The van der Waals surface area contributed by atoms with Crippen LogP contribution in [0.3, 0.4) is 0 Å². The van der Waals surface area contributed by atoms with E-state index in [-0.39, 0.29) is 6.61 Å². The molecule has 2 aromatic carbocycles.